The predicted octanol–water partition coefficient (Wildman–Crippen LogP) is 19.2. The van der Waals surface area contributed by atoms with E-state index < -0.39 is 0 Å². The molecule has 0 atom stereocenters. The Morgan fingerprint density at radius 3 is 0.703 bits per heavy atom. The average molecular weight is 877 g/mol. The molecule has 2 aromatic heterocycles. The number of aromatic nitrogens is 4. The molecule has 2 heterocycles. The Labute approximate surface area is 395 Å². The fourth-order valence-electron chi connectivity index (χ4n) is 10.5. The lowest BCUT2D eigenvalue weighted by atomic mass is 9.86. The maximum atomic E-state index is 5.92. The zero-order valence-corrected chi connectivity index (χ0v) is 43.7. The number of aryl methyl sites for hydroxylation is 8. The minimum absolute atomic E-state index is 1.04. The SMILES string of the molecule is CCCCCCCCc1nc2c(C)c(CCCCCC)c3c4nc(CCCCCCCC)c(CCCCCCCC)nc4c(C)c(CCCCCC)c3c2nc1CCCCCCCC. The first-order chi connectivity index (χ1) is 31.4. The summed E-state index contributed by atoms with van der Waals surface area (Å²) in [5.74, 6) is 0. The smallest absolute Gasteiger partial charge is 0.0975 e. The van der Waals surface area contributed by atoms with Crippen molar-refractivity contribution in [3.05, 3.63) is 45.0 Å². The van der Waals surface area contributed by atoms with Gasteiger partial charge in [0, 0.05) is 10.8 Å². The lowest BCUT2D eigenvalue weighted by molar-refractivity contribution is 0.593. The second-order valence-corrected chi connectivity index (χ2v) is 20.3. The maximum Gasteiger partial charge on any atom is 0.0975 e. The predicted molar refractivity (Wildman–Crippen MR) is 284 cm³/mol. The lowest BCUT2D eigenvalue weighted by Gasteiger charge is -2.23. The summed E-state index contributed by atoms with van der Waals surface area (Å²) in [6.45, 7) is 18.8. The molecule has 0 N–H and O–H groups in total. The largest absolute Gasteiger partial charge is 0.249 e. The van der Waals surface area contributed by atoms with Crippen molar-refractivity contribution in [1.82, 2.24) is 19.9 Å². The molecule has 0 radical (unpaired) electrons. The van der Waals surface area contributed by atoms with Gasteiger partial charge in [-0.1, -0.05) is 208 Å². The normalized spacial score (nSPS) is 11.9. The highest BCUT2D eigenvalue weighted by molar-refractivity contribution is 6.19. The van der Waals surface area contributed by atoms with E-state index in [2.05, 4.69) is 55.4 Å². The number of hydrogen-bond acceptors (Lipinski definition) is 4. The van der Waals surface area contributed by atoms with Crippen molar-refractivity contribution in [2.45, 2.75) is 299 Å². The number of nitrogens with zero attached hydrogens (tertiary/aromatic N) is 4. The van der Waals surface area contributed by atoms with E-state index in [1.165, 1.54) is 283 Å². The van der Waals surface area contributed by atoms with Crippen LogP contribution >= 0.6 is 0 Å². The highest BCUT2D eigenvalue weighted by Crippen LogP contribution is 2.41. The van der Waals surface area contributed by atoms with Crippen LogP contribution in [0.4, 0.5) is 0 Å². The van der Waals surface area contributed by atoms with Crippen LogP contribution in [0.1, 0.15) is 292 Å². The first-order valence-electron chi connectivity index (χ1n) is 28.4. The van der Waals surface area contributed by atoms with Crippen molar-refractivity contribution in [3.8, 4) is 0 Å². The van der Waals surface area contributed by atoms with Crippen molar-refractivity contribution in [2.24, 2.45) is 0 Å². The molecular formula is C60H100N4. The minimum atomic E-state index is 1.04. The van der Waals surface area contributed by atoms with Gasteiger partial charge in [0.25, 0.3) is 0 Å². The van der Waals surface area contributed by atoms with E-state index in [1.807, 2.05) is 0 Å². The van der Waals surface area contributed by atoms with E-state index in [4.69, 9.17) is 19.9 Å². The number of hydrogen-bond donors (Lipinski definition) is 0. The molecule has 0 aliphatic carbocycles. The van der Waals surface area contributed by atoms with Crippen LogP contribution in [0.2, 0.25) is 0 Å². The molecule has 0 spiro atoms. The second-order valence-electron chi connectivity index (χ2n) is 20.3. The lowest BCUT2D eigenvalue weighted by Crippen LogP contribution is -2.10. The van der Waals surface area contributed by atoms with Gasteiger partial charge >= 0.3 is 0 Å². The van der Waals surface area contributed by atoms with Crippen molar-refractivity contribution in [2.75, 3.05) is 0 Å². The van der Waals surface area contributed by atoms with Gasteiger partial charge < -0.3 is 0 Å². The van der Waals surface area contributed by atoms with Gasteiger partial charge in [0.15, 0.2) is 0 Å². The quantitative estimate of drug-likeness (QED) is 0.0332. The van der Waals surface area contributed by atoms with Crippen molar-refractivity contribution >= 4 is 32.8 Å². The van der Waals surface area contributed by atoms with E-state index in [0.717, 1.165) is 38.5 Å². The van der Waals surface area contributed by atoms with Gasteiger partial charge in [-0.3, -0.25) is 0 Å². The van der Waals surface area contributed by atoms with Crippen LogP contribution in [-0.2, 0) is 38.5 Å². The molecular weight excluding hydrogens is 777 g/mol. The minimum Gasteiger partial charge on any atom is -0.249 e. The molecule has 0 saturated carbocycles. The molecule has 4 aromatic rings. The Bertz CT molecular complexity index is 1750. The summed E-state index contributed by atoms with van der Waals surface area (Å²) in [5, 5.41) is 2.78. The Morgan fingerprint density at radius 2 is 0.438 bits per heavy atom. The van der Waals surface area contributed by atoms with Crippen LogP contribution in [0.3, 0.4) is 0 Å². The Kier molecular flexibility index (Phi) is 27.1. The number of unbranched alkanes of at least 4 members (excludes halogenated alkanes) is 26. The molecule has 2 aromatic carbocycles. The van der Waals surface area contributed by atoms with Crippen molar-refractivity contribution < 1.29 is 0 Å². The van der Waals surface area contributed by atoms with Crippen LogP contribution < -0.4 is 0 Å². The van der Waals surface area contributed by atoms with Gasteiger partial charge in [-0.15, -0.1) is 0 Å². The van der Waals surface area contributed by atoms with Crippen molar-refractivity contribution in [3.63, 3.8) is 0 Å². The number of benzene rings is 2. The van der Waals surface area contributed by atoms with E-state index in [0.29, 0.717) is 0 Å². The van der Waals surface area contributed by atoms with E-state index in [1.54, 1.807) is 0 Å². The van der Waals surface area contributed by atoms with Crippen LogP contribution in [0, 0.1) is 13.8 Å². The van der Waals surface area contributed by atoms with Crippen LogP contribution in [0.5, 0.6) is 0 Å². The molecule has 0 unspecified atom stereocenters. The molecule has 0 aliphatic rings. The van der Waals surface area contributed by atoms with Crippen LogP contribution in [-0.4, -0.2) is 19.9 Å². The molecule has 4 nitrogen and oxygen atoms in total. The third-order valence-corrected chi connectivity index (χ3v) is 14.7. The number of rotatable bonds is 38. The maximum absolute atomic E-state index is 5.92. The van der Waals surface area contributed by atoms with Gasteiger partial charge in [-0.2, -0.15) is 0 Å². The van der Waals surface area contributed by atoms with E-state index in [-0.39, 0.29) is 0 Å². The highest BCUT2D eigenvalue weighted by Gasteiger charge is 2.25. The van der Waals surface area contributed by atoms with Gasteiger partial charge in [-0.05, 0) is 113 Å². The molecule has 0 aliphatic heterocycles. The molecule has 4 heteroatoms. The molecule has 64 heavy (non-hydrogen) atoms. The van der Waals surface area contributed by atoms with Gasteiger partial charge in [0.1, 0.15) is 0 Å². The summed E-state index contributed by atoms with van der Waals surface area (Å²) < 4.78 is 0. The molecule has 0 bridgehead atoms. The molecule has 0 amide bonds. The summed E-state index contributed by atoms with van der Waals surface area (Å²) in [4.78, 5) is 23.5. The summed E-state index contributed by atoms with van der Waals surface area (Å²) in [5.41, 5.74) is 15.6. The fourth-order valence-corrected chi connectivity index (χ4v) is 10.5. The third kappa shape index (κ3) is 16.9. The second kappa shape index (κ2) is 32.1. The van der Waals surface area contributed by atoms with Gasteiger partial charge in [0.05, 0.1) is 44.8 Å². The third-order valence-electron chi connectivity index (χ3n) is 14.7. The summed E-state index contributed by atoms with van der Waals surface area (Å²) >= 11 is 0. The van der Waals surface area contributed by atoms with Gasteiger partial charge in [0.2, 0.25) is 0 Å². The average Bonchev–Trinajstić information content (AvgIpc) is 3.30. The first kappa shape index (κ1) is 54.0. The highest BCUT2D eigenvalue weighted by atomic mass is 14.9. The van der Waals surface area contributed by atoms with Gasteiger partial charge in [-0.25, -0.2) is 19.9 Å². The summed E-state index contributed by atoms with van der Waals surface area (Å²) in [6, 6.07) is 0. The Hall–Kier alpha value is -2.62. The van der Waals surface area contributed by atoms with Crippen LogP contribution in [0.25, 0.3) is 32.8 Å². The molecule has 0 fully saturated rings. The molecule has 4 rings (SSSR count). The Balaban J connectivity index is 2.00. The Morgan fingerprint density at radius 1 is 0.234 bits per heavy atom. The molecule has 360 valence electrons. The molecule has 0 saturated heterocycles. The summed E-state index contributed by atoms with van der Waals surface area (Å²) in [6.07, 6.45) is 47.8. The number of fused-ring (bicyclic) bond motifs is 5. The summed E-state index contributed by atoms with van der Waals surface area (Å²) in [7, 11) is 0. The fraction of sp³-hybridized carbons (Fsp3) is 0.767. The standard InChI is InChI=1S/C60H100N4/c1-9-15-21-27-31-37-43-51-53(45-39-33-29-23-17-11-3)63-59-55-50(42-36-26-20-14-6)48(8)58-60(56(55)49(41-35-25-19-13-5)47(7)57(59)61-51)64-54(46-40-34-30-24-18-12-4)52(62-58)44-38-32-28-22-16-10-2/h9-46H2,1-8H3. The van der Waals surface area contributed by atoms with E-state index in [9.17, 15) is 0 Å². The van der Waals surface area contributed by atoms with Crippen molar-refractivity contribution in [1.29, 1.82) is 0 Å². The van der Waals surface area contributed by atoms with E-state index >= 15 is 0 Å². The zero-order chi connectivity index (χ0) is 45.8. The van der Waals surface area contributed by atoms with Crippen LogP contribution in [0.15, 0.2) is 0 Å². The first-order valence-corrected chi connectivity index (χ1v) is 28.4. The topological polar surface area (TPSA) is 51.6 Å². The zero-order valence-electron chi connectivity index (χ0n) is 43.7. The monoisotopic (exact) mass is 877 g/mol.